The third-order valence-corrected chi connectivity index (χ3v) is 3.36. The van der Waals surface area contributed by atoms with E-state index in [0.29, 0.717) is 6.04 Å². The van der Waals surface area contributed by atoms with Gasteiger partial charge in [-0.3, -0.25) is 0 Å². The molecule has 1 aromatic carbocycles. The molecule has 0 spiro atoms. The minimum atomic E-state index is 0.529. The van der Waals surface area contributed by atoms with Crippen LogP contribution in [0, 0.1) is 3.57 Å². The molecule has 1 nitrogen and oxygen atoms in total. The van der Waals surface area contributed by atoms with Gasteiger partial charge >= 0.3 is 0 Å². The molecule has 64 valence electrons. The molecule has 0 bridgehead atoms. The van der Waals surface area contributed by atoms with Gasteiger partial charge in [-0.2, -0.15) is 0 Å². The second-order valence-corrected chi connectivity index (χ2v) is 4.40. The predicted octanol–water partition coefficient (Wildman–Crippen LogP) is 2.50. The molecule has 12 heavy (non-hydrogen) atoms. The van der Waals surface area contributed by atoms with E-state index >= 15 is 0 Å². The molecule has 1 aromatic rings. The Bertz CT molecular complexity index is 296. The van der Waals surface area contributed by atoms with Crippen LogP contribution in [0.25, 0.3) is 0 Å². The van der Waals surface area contributed by atoms with Crippen molar-refractivity contribution < 1.29 is 0 Å². The quantitative estimate of drug-likeness (QED) is 0.716. The second kappa shape index (κ2) is 3.34. The Hall–Kier alpha value is -0.0900. The van der Waals surface area contributed by atoms with E-state index in [4.69, 9.17) is 0 Å². The van der Waals surface area contributed by atoms with Crippen molar-refractivity contribution in [2.45, 2.75) is 19.4 Å². The highest BCUT2D eigenvalue weighted by atomic mass is 127. The molecule has 0 aromatic heterocycles. The van der Waals surface area contributed by atoms with Gasteiger partial charge in [-0.1, -0.05) is 12.1 Å². The number of hydrogen-bond acceptors (Lipinski definition) is 1. The van der Waals surface area contributed by atoms with Gasteiger partial charge in [0.15, 0.2) is 0 Å². The molecular weight excluding hydrogens is 261 g/mol. The Labute approximate surface area is 86.7 Å². The summed E-state index contributed by atoms with van der Waals surface area (Å²) in [5.74, 6) is 0. The second-order valence-electron chi connectivity index (χ2n) is 3.24. The lowest BCUT2D eigenvalue weighted by Crippen LogP contribution is -2.28. The molecule has 0 radical (unpaired) electrons. The Balaban J connectivity index is 2.53. The normalized spacial score (nSPS) is 22.0. The fourth-order valence-corrected chi connectivity index (χ4v) is 2.83. The molecule has 1 aliphatic rings. The molecule has 0 fully saturated rings. The van der Waals surface area contributed by atoms with E-state index in [1.165, 1.54) is 21.1 Å². The lowest BCUT2D eigenvalue weighted by molar-refractivity contribution is 0.538. The summed E-state index contributed by atoms with van der Waals surface area (Å²) in [5, 5.41) is 3.47. The molecule has 0 aliphatic carbocycles. The van der Waals surface area contributed by atoms with Crippen molar-refractivity contribution in [1.29, 1.82) is 0 Å². The maximum absolute atomic E-state index is 3.47. The third kappa shape index (κ3) is 1.38. The Morgan fingerprint density at radius 3 is 3.08 bits per heavy atom. The molecule has 1 atom stereocenters. The van der Waals surface area contributed by atoms with E-state index in [1.54, 1.807) is 0 Å². The van der Waals surface area contributed by atoms with Gasteiger partial charge in [-0.15, -0.1) is 0 Å². The van der Waals surface area contributed by atoms with Crippen molar-refractivity contribution in [1.82, 2.24) is 5.32 Å². The zero-order valence-electron chi connectivity index (χ0n) is 7.10. The highest BCUT2D eigenvalue weighted by Crippen LogP contribution is 2.26. The van der Waals surface area contributed by atoms with E-state index < -0.39 is 0 Å². The first-order valence-electron chi connectivity index (χ1n) is 4.29. The fourth-order valence-electron chi connectivity index (χ4n) is 1.81. The van der Waals surface area contributed by atoms with Crippen LogP contribution in [0.1, 0.15) is 24.1 Å². The number of hydrogen-bond donors (Lipinski definition) is 1. The fraction of sp³-hybridized carbons (Fsp3) is 0.400. The zero-order chi connectivity index (χ0) is 8.55. The van der Waals surface area contributed by atoms with Gasteiger partial charge in [0.2, 0.25) is 0 Å². The van der Waals surface area contributed by atoms with E-state index in [9.17, 15) is 0 Å². The minimum absolute atomic E-state index is 0.529. The molecule has 0 saturated heterocycles. The Morgan fingerprint density at radius 1 is 1.50 bits per heavy atom. The summed E-state index contributed by atoms with van der Waals surface area (Å²) in [5.41, 5.74) is 3.03. The standard InChI is InChI=1S/C10H12IN/c1-7-10-8(5-6-12-7)3-2-4-9(10)11/h2-4,7,12H,5-6H2,1H3. The summed E-state index contributed by atoms with van der Waals surface area (Å²) in [6.07, 6.45) is 1.18. The highest BCUT2D eigenvalue weighted by molar-refractivity contribution is 14.1. The van der Waals surface area contributed by atoms with Crippen LogP contribution in [0.3, 0.4) is 0 Å². The molecule has 1 aliphatic heterocycles. The van der Waals surface area contributed by atoms with Crippen molar-refractivity contribution >= 4 is 22.6 Å². The first-order chi connectivity index (χ1) is 5.79. The van der Waals surface area contributed by atoms with Gasteiger partial charge in [0.05, 0.1) is 0 Å². The number of halogens is 1. The summed E-state index contributed by atoms with van der Waals surface area (Å²) in [7, 11) is 0. The number of rotatable bonds is 0. The number of benzene rings is 1. The van der Waals surface area contributed by atoms with Crippen LogP contribution in [0.2, 0.25) is 0 Å². The van der Waals surface area contributed by atoms with Gasteiger partial charge in [0, 0.05) is 9.61 Å². The van der Waals surface area contributed by atoms with Gasteiger partial charge in [-0.05, 0) is 59.7 Å². The average Bonchev–Trinajstić information content (AvgIpc) is 2.04. The van der Waals surface area contributed by atoms with E-state index in [1.807, 2.05) is 0 Å². The van der Waals surface area contributed by atoms with Crippen LogP contribution < -0.4 is 5.32 Å². The summed E-state index contributed by atoms with van der Waals surface area (Å²) in [6, 6.07) is 7.11. The van der Waals surface area contributed by atoms with Crippen LogP contribution in [0.5, 0.6) is 0 Å². The van der Waals surface area contributed by atoms with E-state index in [-0.39, 0.29) is 0 Å². The lowest BCUT2D eigenvalue weighted by Gasteiger charge is -2.24. The first-order valence-corrected chi connectivity index (χ1v) is 5.37. The maximum Gasteiger partial charge on any atom is 0.0305 e. The summed E-state index contributed by atoms with van der Waals surface area (Å²) in [4.78, 5) is 0. The van der Waals surface area contributed by atoms with Crippen molar-refractivity contribution in [2.75, 3.05) is 6.54 Å². The van der Waals surface area contributed by atoms with Gasteiger partial charge in [0.1, 0.15) is 0 Å². The molecule has 1 heterocycles. The van der Waals surface area contributed by atoms with Gasteiger partial charge in [0.25, 0.3) is 0 Å². The van der Waals surface area contributed by atoms with Crippen LogP contribution in [0.15, 0.2) is 18.2 Å². The van der Waals surface area contributed by atoms with Crippen LogP contribution in [-0.2, 0) is 6.42 Å². The van der Waals surface area contributed by atoms with Crippen molar-refractivity contribution in [3.63, 3.8) is 0 Å². The topological polar surface area (TPSA) is 12.0 Å². The molecular formula is C10H12IN. The van der Waals surface area contributed by atoms with Crippen molar-refractivity contribution in [3.8, 4) is 0 Å². The Kier molecular flexibility index (Phi) is 2.37. The number of fused-ring (bicyclic) bond motifs is 1. The smallest absolute Gasteiger partial charge is 0.0305 e. The van der Waals surface area contributed by atoms with Crippen molar-refractivity contribution in [3.05, 3.63) is 32.9 Å². The molecule has 2 rings (SSSR count). The predicted molar refractivity (Wildman–Crippen MR) is 59.3 cm³/mol. The monoisotopic (exact) mass is 273 g/mol. The summed E-state index contributed by atoms with van der Waals surface area (Å²) < 4.78 is 1.39. The molecule has 1 N–H and O–H groups in total. The van der Waals surface area contributed by atoms with Crippen LogP contribution in [-0.4, -0.2) is 6.54 Å². The molecule has 0 saturated carbocycles. The molecule has 2 heteroatoms. The maximum atomic E-state index is 3.47. The zero-order valence-corrected chi connectivity index (χ0v) is 9.26. The Morgan fingerprint density at radius 2 is 2.33 bits per heavy atom. The molecule has 1 unspecified atom stereocenters. The molecule has 0 amide bonds. The summed E-state index contributed by atoms with van der Waals surface area (Å²) in [6.45, 7) is 3.36. The van der Waals surface area contributed by atoms with E-state index in [0.717, 1.165) is 6.54 Å². The minimum Gasteiger partial charge on any atom is -0.310 e. The SMILES string of the molecule is CC1NCCc2cccc(I)c21. The van der Waals surface area contributed by atoms with E-state index in [2.05, 4.69) is 53.0 Å². The highest BCUT2D eigenvalue weighted by Gasteiger charge is 2.17. The largest absolute Gasteiger partial charge is 0.310 e. The average molecular weight is 273 g/mol. The first kappa shape index (κ1) is 8.51. The third-order valence-electron chi connectivity index (χ3n) is 2.42. The van der Waals surface area contributed by atoms with Gasteiger partial charge < -0.3 is 5.32 Å². The van der Waals surface area contributed by atoms with Crippen LogP contribution >= 0.6 is 22.6 Å². The van der Waals surface area contributed by atoms with Gasteiger partial charge in [-0.25, -0.2) is 0 Å². The lowest BCUT2D eigenvalue weighted by atomic mass is 9.96. The summed E-state index contributed by atoms with van der Waals surface area (Å²) >= 11 is 2.42. The van der Waals surface area contributed by atoms with Crippen LogP contribution in [0.4, 0.5) is 0 Å². The van der Waals surface area contributed by atoms with Crippen molar-refractivity contribution in [2.24, 2.45) is 0 Å². The number of nitrogens with one attached hydrogen (secondary N) is 1.